The van der Waals surface area contributed by atoms with Gasteiger partial charge in [-0.15, -0.1) is 0 Å². The molecular formula is C14H21F3N2. The van der Waals surface area contributed by atoms with E-state index in [2.05, 4.69) is 19.2 Å². The zero-order valence-corrected chi connectivity index (χ0v) is 11.6. The Morgan fingerprint density at radius 2 is 1.74 bits per heavy atom. The van der Waals surface area contributed by atoms with Crippen LogP contribution in [-0.4, -0.2) is 25.8 Å². The van der Waals surface area contributed by atoms with Crippen molar-refractivity contribution < 1.29 is 13.2 Å². The molecule has 1 N–H and O–H groups in total. The Bertz CT molecular complexity index is 371. The van der Waals surface area contributed by atoms with E-state index in [4.69, 9.17) is 0 Å². The number of nitrogens with zero attached hydrogens (tertiary/aromatic N) is 1. The molecule has 0 aromatic heterocycles. The van der Waals surface area contributed by atoms with Crippen LogP contribution in [0.1, 0.15) is 25.8 Å². The third kappa shape index (κ3) is 6.47. The molecule has 0 heterocycles. The van der Waals surface area contributed by atoms with E-state index in [0.717, 1.165) is 17.8 Å². The second kappa shape index (κ2) is 6.80. The quantitative estimate of drug-likeness (QED) is 0.853. The van der Waals surface area contributed by atoms with Gasteiger partial charge in [0.25, 0.3) is 0 Å². The van der Waals surface area contributed by atoms with E-state index >= 15 is 0 Å². The zero-order valence-electron chi connectivity index (χ0n) is 11.6. The Morgan fingerprint density at radius 1 is 1.16 bits per heavy atom. The van der Waals surface area contributed by atoms with E-state index in [1.807, 2.05) is 24.3 Å². The van der Waals surface area contributed by atoms with Crippen LogP contribution in [-0.2, 0) is 6.54 Å². The molecule has 0 fully saturated rings. The standard InChI is InChI=1S/C14H21F3N2/c1-11(2)18-10-12-4-6-13(7-5-12)19(3)9-8-14(15,16)17/h4-7,11,18H,8-10H2,1-3H3. The van der Waals surface area contributed by atoms with E-state index in [1.54, 1.807) is 11.9 Å². The fourth-order valence-corrected chi connectivity index (χ4v) is 1.61. The van der Waals surface area contributed by atoms with E-state index in [-0.39, 0.29) is 6.54 Å². The average Bonchev–Trinajstić information content (AvgIpc) is 2.33. The second-order valence-corrected chi connectivity index (χ2v) is 4.99. The van der Waals surface area contributed by atoms with E-state index in [1.165, 1.54) is 0 Å². The molecule has 5 heteroatoms. The molecule has 0 aliphatic heterocycles. The molecule has 0 amide bonds. The van der Waals surface area contributed by atoms with Crippen molar-refractivity contribution in [1.82, 2.24) is 5.32 Å². The van der Waals surface area contributed by atoms with Gasteiger partial charge >= 0.3 is 6.18 Å². The first-order valence-corrected chi connectivity index (χ1v) is 6.38. The van der Waals surface area contributed by atoms with Crippen LogP contribution in [0.15, 0.2) is 24.3 Å². The molecule has 0 spiro atoms. The molecule has 1 aromatic carbocycles. The summed E-state index contributed by atoms with van der Waals surface area (Å²) in [7, 11) is 1.67. The minimum atomic E-state index is -4.10. The number of alkyl halides is 3. The monoisotopic (exact) mass is 274 g/mol. The van der Waals surface area contributed by atoms with Crippen LogP contribution in [0.5, 0.6) is 0 Å². The van der Waals surface area contributed by atoms with Gasteiger partial charge in [-0.25, -0.2) is 0 Å². The van der Waals surface area contributed by atoms with Crippen molar-refractivity contribution in [1.29, 1.82) is 0 Å². The molecule has 19 heavy (non-hydrogen) atoms. The fourth-order valence-electron chi connectivity index (χ4n) is 1.61. The van der Waals surface area contributed by atoms with Crippen molar-refractivity contribution in [3.8, 4) is 0 Å². The highest BCUT2D eigenvalue weighted by atomic mass is 19.4. The van der Waals surface area contributed by atoms with Gasteiger partial charge < -0.3 is 10.2 Å². The third-order valence-electron chi connectivity index (χ3n) is 2.82. The molecule has 0 unspecified atom stereocenters. The van der Waals surface area contributed by atoms with Crippen molar-refractivity contribution in [2.45, 2.75) is 39.0 Å². The lowest BCUT2D eigenvalue weighted by Gasteiger charge is -2.20. The topological polar surface area (TPSA) is 15.3 Å². The molecule has 0 atom stereocenters. The van der Waals surface area contributed by atoms with Gasteiger partial charge in [-0.05, 0) is 17.7 Å². The molecule has 0 bridgehead atoms. The van der Waals surface area contributed by atoms with Crippen molar-refractivity contribution in [2.24, 2.45) is 0 Å². The van der Waals surface area contributed by atoms with Crippen LogP contribution >= 0.6 is 0 Å². The predicted molar refractivity (Wildman–Crippen MR) is 72.4 cm³/mol. The summed E-state index contributed by atoms with van der Waals surface area (Å²) in [6.45, 7) is 4.88. The molecule has 1 aromatic rings. The van der Waals surface area contributed by atoms with E-state index < -0.39 is 12.6 Å². The number of hydrogen-bond acceptors (Lipinski definition) is 2. The van der Waals surface area contributed by atoms with Gasteiger partial charge in [0.1, 0.15) is 0 Å². The van der Waals surface area contributed by atoms with E-state index in [0.29, 0.717) is 6.04 Å². The summed E-state index contributed by atoms with van der Waals surface area (Å²) >= 11 is 0. The molecule has 1 rings (SSSR count). The van der Waals surface area contributed by atoms with Crippen LogP contribution in [0, 0.1) is 0 Å². The molecule has 0 saturated carbocycles. The Morgan fingerprint density at radius 3 is 2.21 bits per heavy atom. The second-order valence-electron chi connectivity index (χ2n) is 4.99. The molecule has 0 radical (unpaired) electrons. The van der Waals surface area contributed by atoms with Crippen LogP contribution < -0.4 is 10.2 Å². The van der Waals surface area contributed by atoms with Crippen molar-refractivity contribution in [2.75, 3.05) is 18.5 Å². The highest BCUT2D eigenvalue weighted by Crippen LogP contribution is 2.21. The van der Waals surface area contributed by atoms with Gasteiger partial charge in [-0.3, -0.25) is 0 Å². The molecule has 108 valence electrons. The average molecular weight is 274 g/mol. The number of hydrogen-bond donors (Lipinski definition) is 1. The summed E-state index contributed by atoms with van der Waals surface area (Å²) in [6.07, 6.45) is -4.89. The maximum atomic E-state index is 12.1. The molecule has 0 saturated heterocycles. The number of benzene rings is 1. The van der Waals surface area contributed by atoms with Crippen LogP contribution in [0.25, 0.3) is 0 Å². The maximum absolute atomic E-state index is 12.1. The van der Waals surface area contributed by atoms with E-state index in [9.17, 15) is 13.2 Å². The predicted octanol–water partition coefficient (Wildman–Crippen LogP) is 3.57. The number of rotatable bonds is 6. The van der Waals surface area contributed by atoms with Gasteiger partial charge in [-0.1, -0.05) is 26.0 Å². The lowest BCUT2D eigenvalue weighted by molar-refractivity contribution is -0.132. The van der Waals surface area contributed by atoms with Gasteiger partial charge in [0, 0.05) is 31.9 Å². The molecule has 0 aliphatic carbocycles. The van der Waals surface area contributed by atoms with Crippen LogP contribution in [0.2, 0.25) is 0 Å². The maximum Gasteiger partial charge on any atom is 0.390 e. The minimum absolute atomic E-state index is 0.0207. The van der Waals surface area contributed by atoms with Crippen LogP contribution in [0.4, 0.5) is 18.9 Å². The largest absolute Gasteiger partial charge is 0.390 e. The summed E-state index contributed by atoms with van der Waals surface area (Å²) < 4.78 is 36.4. The van der Waals surface area contributed by atoms with Gasteiger partial charge in [0.15, 0.2) is 0 Å². The minimum Gasteiger partial charge on any atom is -0.374 e. The molecule has 2 nitrogen and oxygen atoms in total. The normalized spacial score (nSPS) is 11.9. The number of halogens is 3. The highest BCUT2D eigenvalue weighted by Gasteiger charge is 2.27. The Balaban J connectivity index is 2.51. The van der Waals surface area contributed by atoms with Crippen molar-refractivity contribution in [3.05, 3.63) is 29.8 Å². The first-order chi connectivity index (χ1) is 8.78. The fraction of sp³-hybridized carbons (Fsp3) is 0.571. The zero-order chi connectivity index (χ0) is 14.5. The summed E-state index contributed by atoms with van der Waals surface area (Å²) in [6, 6.07) is 8.00. The molecular weight excluding hydrogens is 253 g/mol. The van der Waals surface area contributed by atoms with Gasteiger partial charge in [0.05, 0.1) is 6.42 Å². The van der Waals surface area contributed by atoms with Crippen molar-refractivity contribution in [3.63, 3.8) is 0 Å². The number of nitrogens with one attached hydrogen (secondary N) is 1. The summed E-state index contributed by atoms with van der Waals surface area (Å²) in [4.78, 5) is 1.62. The SMILES string of the molecule is CC(C)NCc1ccc(N(C)CCC(F)(F)F)cc1. The van der Waals surface area contributed by atoms with Crippen LogP contribution in [0.3, 0.4) is 0 Å². The lowest BCUT2D eigenvalue weighted by Crippen LogP contribution is -2.24. The Kier molecular flexibility index (Phi) is 5.66. The summed E-state index contributed by atoms with van der Waals surface area (Å²) in [5.41, 5.74) is 1.93. The molecule has 0 aliphatic rings. The highest BCUT2D eigenvalue weighted by molar-refractivity contribution is 5.46. The first-order valence-electron chi connectivity index (χ1n) is 6.38. The summed E-state index contributed by atoms with van der Waals surface area (Å²) in [5.74, 6) is 0. The Hall–Kier alpha value is -1.23. The Labute approximate surface area is 112 Å². The van der Waals surface area contributed by atoms with Gasteiger partial charge in [-0.2, -0.15) is 13.2 Å². The first kappa shape index (κ1) is 15.8. The van der Waals surface area contributed by atoms with Gasteiger partial charge in [0.2, 0.25) is 0 Å². The third-order valence-corrected chi connectivity index (χ3v) is 2.82. The number of anilines is 1. The lowest BCUT2D eigenvalue weighted by atomic mass is 10.2. The smallest absolute Gasteiger partial charge is 0.374 e. The summed E-state index contributed by atoms with van der Waals surface area (Å²) in [5, 5.41) is 3.29. The van der Waals surface area contributed by atoms with Crippen molar-refractivity contribution >= 4 is 5.69 Å².